The number of aryl methyl sites for hydroxylation is 1. The Balaban J connectivity index is 1.48. The first-order chi connectivity index (χ1) is 12.6. The summed E-state index contributed by atoms with van der Waals surface area (Å²) in [6, 6.07) is 11.3. The number of para-hydroxylation sites is 1. The number of piperazine rings is 1. The van der Waals surface area contributed by atoms with Crippen LogP contribution >= 0.6 is 0 Å². The molecule has 0 atom stereocenters. The molecule has 2 aromatic heterocycles. The minimum atomic E-state index is -0.00957. The second-order valence-electron chi connectivity index (χ2n) is 6.49. The van der Waals surface area contributed by atoms with Crippen LogP contribution in [-0.4, -0.2) is 57.3 Å². The molecular formula is C20H20N4O2. The summed E-state index contributed by atoms with van der Waals surface area (Å²) in [6.07, 6.45) is 5.13. The number of hydrogen-bond acceptors (Lipinski definition) is 3. The summed E-state index contributed by atoms with van der Waals surface area (Å²) >= 11 is 0. The highest BCUT2D eigenvalue weighted by Crippen LogP contribution is 2.22. The third-order valence-corrected chi connectivity index (χ3v) is 4.91. The summed E-state index contributed by atoms with van der Waals surface area (Å²) in [5, 5.41) is 0.968. The number of rotatable bonds is 2. The smallest absolute Gasteiger partial charge is 0.256 e. The molecule has 1 aromatic carbocycles. The zero-order chi connectivity index (χ0) is 18.1. The summed E-state index contributed by atoms with van der Waals surface area (Å²) < 4.78 is 1.98. The van der Waals surface area contributed by atoms with E-state index >= 15 is 0 Å². The van der Waals surface area contributed by atoms with Crippen LogP contribution in [0, 0.1) is 0 Å². The standard InChI is InChI=1S/C20H20N4O2/c1-22-14-17(16-4-2-3-5-18(16)22)20(26)24-12-10-23(11-13-24)19(25)15-6-8-21-9-7-15/h2-9,14H,10-13H2,1H3. The van der Waals surface area contributed by atoms with Crippen LogP contribution in [0.5, 0.6) is 0 Å². The van der Waals surface area contributed by atoms with E-state index in [0.29, 0.717) is 31.7 Å². The highest BCUT2D eigenvalue weighted by atomic mass is 16.2. The number of aromatic nitrogens is 2. The number of nitrogens with zero attached hydrogens (tertiary/aromatic N) is 4. The molecular weight excluding hydrogens is 328 g/mol. The van der Waals surface area contributed by atoms with Crippen molar-refractivity contribution in [2.24, 2.45) is 7.05 Å². The van der Waals surface area contributed by atoms with Gasteiger partial charge in [-0.2, -0.15) is 0 Å². The van der Waals surface area contributed by atoms with Gasteiger partial charge < -0.3 is 14.4 Å². The van der Waals surface area contributed by atoms with Crippen molar-refractivity contribution in [3.63, 3.8) is 0 Å². The molecule has 0 saturated carbocycles. The maximum atomic E-state index is 13.0. The van der Waals surface area contributed by atoms with Crippen molar-refractivity contribution < 1.29 is 9.59 Å². The Morgan fingerprint density at radius 2 is 1.50 bits per heavy atom. The van der Waals surface area contributed by atoms with Crippen molar-refractivity contribution in [2.45, 2.75) is 0 Å². The average molecular weight is 348 g/mol. The van der Waals surface area contributed by atoms with E-state index in [2.05, 4.69) is 4.98 Å². The van der Waals surface area contributed by atoms with Crippen LogP contribution in [0.25, 0.3) is 10.9 Å². The van der Waals surface area contributed by atoms with Crippen molar-refractivity contribution in [1.82, 2.24) is 19.4 Å². The summed E-state index contributed by atoms with van der Waals surface area (Å²) in [7, 11) is 1.95. The quantitative estimate of drug-likeness (QED) is 0.713. The molecule has 1 saturated heterocycles. The van der Waals surface area contributed by atoms with E-state index in [1.54, 1.807) is 29.4 Å². The molecule has 2 amide bonds. The van der Waals surface area contributed by atoms with Crippen LogP contribution in [-0.2, 0) is 7.05 Å². The van der Waals surface area contributed by atoms with Gasteiger partial charge in [0.25, 0.3) is 11.8 Å². The van der Waals surface area contributed by atoms with E-state index in [-0.39, 0.29) is 11.8 Å². The number of carbonyl (C=O) groups is 2. The summed E-state index contributed by atoms with van der Waals surface area (Å²) in [5.74, 6) is 0.0162. The third-order valence-electron chi connectivity index (χ3n) is 4.91. The highest BCUT2D eigenvalue weighted by Gasteiger charge is 2.27. The lowest BCUT2D eigenvalue weighted by atomic mass is 10.1. The monoisotopic (exact) mass is 348 g/mol. The Hall–Kier alpha value is -3.15. The molecule has 0 unspecified atom stereocenters. The molecule has 3 heterocycles. The maximum Gasteiger partial charge on any atom is 0.256 e. The van der Waals surface area contributed by atoms with Crippen LogP contribution in [0.15, 0.2) is 55.0 Å². The van der Waals surface area contributed by atoms with Crippen molar-refractivity contribution in [3.8, 4) is 0 Å². The number of pyridine rings is 1. The number of amides is 2. The fourth-order valence-electron chi connectivity index (χ4n) is 3.47. The van der Waals surface area contributed by atoms with Gasteiger partial charge in [-0.25, -0.2) is 0 Å². The zero-order valence-electron chi connectivity index (χ0n) is 14.6. The van der Waals surface area contributed by atoms with E-state index in [1.165, 1.54) is 0 Å². The Morgan fingerprint density at radius 1 is 0.885 bits per heavy atom. The molecule has 1 aliphatic heterocycles. The van der Waals surface area contributed by atoms with E-state index in [4.69, 9.17) is 0 Å². The minimum Gasteiger partial charge on any atom is -0.350 e. The summed E-state index contributed by atoms with van der Waals surface area (Å²) in [4.78, 5) is 33.1. The fraction of sp³-hybridized carbons (Fsp3) is 0.250. The van der Waals surface area contributed by atoms with Crippen LogP contribution in [0.1, 0.15) is 20.7 Å². The number of fused-ring (bicyclic) bond motifs is 1. The third kappa shape index (κ3) is 2.83. The molecule has 3 aromatic rings. The zero-order valence-corrected chi connectivity index (χ0v) is 14.6. The number of carbonyl (C=O) groups excluding carboxylic acids is 2. The molecule has 1 fully saturated rings. The molecule has 1 aliphatic rings. The van der Waals surface area contributed by atoms with Crippen LogP contribution < -0.4 is 0 Å². The van der Waals surface area contributed by atoms with Crippen molar-refractivity contribution in [2.75, 3.05) is 26.2 Å². The van der Waals surface area contributed by atoms with E-state index in [0.717, 1.165) is 16.5 Å². The molecule has 0 radical (unpaired) electrons. The molecule has 26 heavy (non-hydrogen) atoms. The first-order valence-corrected chi connectivity index (χ1v) is 8.68. The highest BCUT2D eigenvalue weighted by molar-refractivity contribution is 6.07. The van der Waals surface area contributed by atoms with Crippen molar-refractivity contribution >= 4 is 22.7 Å². The van der Waals surface area contributed by atoms with Crippen LogP contribution in [0.4, 0.5) is 0 Å². The summed E-state index contributed by atoms with van der Waals surface area (Å²) in [5.41, 5.74) is 2.40. The van der Waals surface area contributed by atoms with Crippen molar-refractivity contribution in [3.05, 3.63) is 66.1 Å². The second kappa shape index (κ2) is 6.63. The van der Waals surface area contributed by atoms with Gasteiger partial charge in [0.15, 0.2) is 0 Å². The van der Waals surface area contributed by atoms with Crippen LogP contribution in [0.3, 0.4) is 0 Å². The lowest BCUT2D eigenvalue weighted by Gasteiger charge is -2.34. The lowest BCUT2D eigenvalue weighted by molar-refractivity contribution is 0.0536. The normalized spacial score (nSPS) is 14.7. The fourth-order valence-corrected chi connectivity index (χ4v) is 3.47. The van der Waals surface area contributed by atoms with Gasteiger partial charge in [-0.05, 0) is 18.2 Å². The SMILES string of the molecule is Cn1cc(C(=O)N2CCN(C(=O)c3ccncc3)CC2)c2ccccc21. The molecule has 0 bridgehead atoms. The van der Waals surface area contributed by atoms with E-state index in [1.807, 2.05) is 47.0 Å². The van der Waals surface area contributed by atoms with Gasteiger partial charge in [0.05, 0.1) is 5.56 Å². The van der Waals surface area contributed by atoms with Gasteiger partial charge in [0.2, 0.25) is 0 Å². The van der Waals surface area contributed by atoms with Gasteiger partial charge in [0, 0.05) is 68.3 Å². The summed E-state index contributed by atoms with van der Waals surface area (Å²) in [6.45, 7) is 2.16. The molecule has 6 heteroatoms. The van der Waals surface area contributed by atoms with Gasteiger partial charge in [0.1, 0.15) is 0 Å². The van der Waals surface area contributed by atoms with Gasteiger partial charge in [-0.15, -0.1) is 0 Å². The molecule has 4 rings (SSSR count). The first-order valence-electron chi connectivity index (χ1n) is 8.68. The average Bonchev–Trinajstić information content (AvgIpc) is 3.05. The Kier molecular flexibility index (Phi) is 4.16. The lowest BCUT2D eigenvalue weighted by Crippen LogP contribution is -2.50. The largest absolute Gasteiger partial charge is 0.350 e. The van der Waals surface area contributed by atoms with Crippen LogP contribution in [0.2, 0.25) is 0 Å². The molecule has 132 valence electrons. The molecule has 0 N–H and O–H groups in total. The van der Waals surface area contributed by atoms with E-state index in [9.17, 15) is 9.59 Å². The second-order valence-corrected chi connectivity index (χ2v) is 6.49. The van der Waals surface area contributed by atoms with Gasteiger partial charge in [-0.1, -0.05) is 18.2 Å². The number of benzene rings is 1. The predicted octanol–water partition coefficient (Wildman–Crippen LogP) is 2.17. The first kappa shape index (κ1) is 16.3. The Labute approximate surface area is 151 Å². The Morgan fingerprint density at radius 3 is 2.19 bits per heavy atom. The topological polar surface area (TPSA) is 58.4 Å². The molecule has 0 spiro atoms. The number of hydrogen-bond donors (Lipinski definition) is 0. The minimum absolute atomic E-state index is 0.00957. The van der Waals surface area contributed by atoms with Gasteiger partial charge >= 0.3 is 0 Å². The predicted molar refractivity (Wildman–Crippen MR) is 99.0 cm³/mol. The van der Waals surface area contributed by atoms with Crippen molar-refractivity contribution in [1.29, 1.82) is 0 Å². The Bertz CT molecular complexity index is 956. The molecule has 0 aliphatic carbocycles. The van der Waals surface area contributed by atoms with E-state index < -0.39 is 0 Å². The maximum absolute atomic E-state index is 13.0. The van der Waals surface area contributed by atoms with Gasteiger partial charge in [-0.3, -0.25) is 14.6 Å². The molecule has 6 nitrogen and oxygen atoms in total.